The molecule has 0 saturated carbocycles. The lowest BCUT2D eigenvalue weighted by molar-refractivity contribution is 0.00135. The maximum atomic E-state index is 6.49. The fourth-order valence-electron chi connectivity index (χ4n) is 5.71. The molecule has 26 heavy (non-hydrogen) atoms. The molecule has 1 aromatic carbocycles. The average molecular weight is 356 g/mol. The van der Waals surface area contributed by atoms with Gasteiger partial charge in [-0.2, -0.15) is 0 Å². The van der Waals surface area contributed by atoms with Crippen LogP contribution < -0.4 is 4.74 Å². The van der Waals surface area contributed by atoms with Gasteiger partial charge in [0.05, 0.1) is 7.11 Å². The molecule has 0 bridgehead atoms. The van der Waals surface area contributed by atoms with Gasteiger partial charge in [0.15, 0.2) is 0 Å². The van der Waals surface area contributed by atoms with Gasteiger partial charge in [-0.3, -0.25) is 4.90 Å². The Morgan fingerprint density at radius 1 is 1.23 bits per heavy atom. The van der Waals surface area contributed by atoms with Crippen LogP contribution in [-0.2, 0) is 6.42 Å². The Balaban J connectivity index is 1.82. The quantitative estimate of drug-likeness (QED) is 0.715. The van der Waals surface area contributed by atoms with Gasteiger partial charge in [0, 0.05) is 36.0 Å². The average Bonchev–Trinajstić information content (AvgIpc) is 2.90. The Labute approximate surface area is 157 Å². The topological polar surface area (TPSA) is 25.6 Å². The maximum absolute atomic E-state index is 6.49. The molecular weight excluding hydrogens is 322 g/mol. The van der Waals surface area contributed by atoms with Crippen LogP contribution in [0.2, 0.25) is 0 Å². The summed E-state index contributed by atoms with van der Waals surface area (Å²) in [7, 11) is 1.74. The second-order valence-electron chi connectivity index (χ2n) is 9.07. The van der Waals surface area contributed by atoms with Crippen LogP contribution >= 0.6 is 0 Å². The van der Waals surface area contributed by atoms with Crippen LogP contribution in [0.15, 0.2) is 22.6 Å². The van der Waals surface area contributed by atoms with Crippen molar-refractivity contribution in [3.05, 3.63) is 29.5 Å². The Morgan fingerprint density at radius 2 is 2.04 bits per heavy atom. The number of hydrogen-bond donors (Lipinski definition) is 0. The molecule has 3 atom stereocenters. The SMILES string of the molecule is CCC1CC(C)(C)CN2CCc3c(oc4ccc(OC)cc34)C(CC)C12. The summed E-state index contributed by atoms with van der Waals surface area (Å²) in [5.41, 5.74) is 2.85. The van der Waals surface area contributed by atoms with Crippen LogP contribution in [0.1, 0.15) is 64.2 Å². The summed E-state index contributed by atoms with van der Waals surface area (Å²) in [6, 6.07) is 6.86. The third-order valence-corrected chi connectivity index (χ3v) is 6.74. The van der Waals surface area contributed by atoms with Gasteiger partial charge in [-0.05, 0) is 48.8 Å². The lowest BCUT2D eigenvalue weighted by Gasteiger charge is -2.50. The van der Waals surface area contributed by atoms with Crippen LogP contribution in [0.4, 0.5) is 0 Å². The predicted molar refractivity (Wildman–Crippen MR) is 107 cm³/mol. The number of furan rings is 1. The van der Waals surface area contributed by atoms with Crippen LogP contribution in [0.3, 0.4) is 0 Å². The van der Waals surface area contributed by atoms with E-state index in [2.05, 4.69) is 44.7 Å². The molecule has 2 aromatic rings. The largest absolute Gasteiger partial charge is 0.497 e. The van der Waals surface area contributed by atoms with Crippen molar-refractivity contribution in [2.45, 2.75) is 65.3 Å². The van der Waals surface area contributed by atoms with Crippen LogP contribution in [0.25, 0.3) is 11.0 Å². The molecule has 0 amide bonds. The fraction of sp³-hybridized carbons (Fsp3) is 0.652. The van der Waals surface area contributed by atoms with Crippen molar-refractivity contribution in [3.8, 4) is 5.75 Å². The van der Waals surface area contributed by atoms with Gasteiger partial charge in [0.2, 0.25) is 0 Å². The van der Waals surface area contributed by atoms with E-state index in [1.807, 2.05) is 6.07 Å². The van der Waals surface area contributed by atoms with E-state index in [0.717, 1.165) is 36.6 Å². The highest BCUT2D eigenvalue weighted by Gasteiger charge is 2.45. The molecule has 142 valence electrons. The third-order valence-electron chi connectivity index (χ3n) is 6.74. The standard InChI is InChI=1S/C23H33NO2/c1-6-15-13-23(3,4)14-24-11-10-18-19-12-16(25-5)8-9-20(19)26-22(18)17(7-2)21(15)24/h8-9,12,15,17,21H,6-7,10-11,13-14H2,1-5H3. The molecule has 0 aliphatic carbocycles. The number of fused-ring (bicyclic) bond motifs is 4. The molecule has 0 radical (unpaired) electrons. The molecule has 3 heteroatoms. The van der Waals surface area contributed by atoms with Gasteiger partial charge < -0.3 is 9.15 Å². The summed E-state index contributed by atoms with van der Waals surface area (Å²) in [6.07, 6.45) is 4.80. The van der Waals surface area contributed by atoms with E-state index in [9.17, 15) is 0 Å². The highest BCUT2D eigenvalue weighted by molar-refractivity contribution is 5.84. The Hall–Kier alpha value is -1.48. The molecular formula is C23H33NO2. The van der Waals surface area contributed by atoms with Gasteiger partial charge in [0.1, 0.15) is 17.1 Å². The van der Waals surface area contributed by atoms with E-state index in [-0.39, 0.29) is 0 Å². The van der Waals surface area contributed by atoms with Crippen molar-refractivity contribution < 1.29 is 9.15 Å². The number of hydrogen-bond acceptors (Lipinski definition) is 3. The van der Waals surface area contributed by atoms with Crippen molar-refractivity contribution in [2.75, 3.05) is 20.2 Å². The second kappa shape index (κ2) is 6.60. The minimum absolute atomic E-state index is 0.409. The van der Waals surface area contributed by atoms with Crippen molar-refractivity contribution in [1.82, 2.24) is 4.90 Å². The van der Waals surface area contributed by atoms with Gasteiger partial charge >= 0.3 is 0 Å². The summed E-state index contributed by atoms with van der Waals surface area (Å²) in [4.78, 5) is 2.79. The molecule has 2 aliphatic rings. The Morgan fingerprint density at radius 3 is 2.73 bits per heavy atom. The number of ether oxygens (including phenoxy) is 1. The van der Waals surface area contributed by atoms with E-state index in [4.69, 9.17) is 9.15 Å². The number of methoxy groups -OCH3 is 1. The van der Waals surface area contributed by atoms with Crippen LogP contribution in [-0.4, -0.2) is 31.1 Å². The number of benzene rings is 1. The van der Waals surface area contributed by atoms with E-state index in [1.54, 1.807) is 7.11 Å². The second-order valence-corrected chi connectivity index (χ2v) is 9.07. The van der Waals surface area contributed by atoms with E-state index in [1.165, 1.54) is 36.1 Å². The van der Waals surface area contributed by atoms with Gasteiger partial charge in [-0.15, -0.1) is 0 Å². The van der Waals surface area contributed by atoms with Crippen LogP contribution in [0, 0.1) is 11.3 Å². The van der Waals surface area contributed by atoms with Crippen molar-refractivity contribution in [2.24, 2.45) is 11.3 Å². The summed E-state index contributed by atoms with van der Waals surface area (Å²) in [6.45, 7) is 11.9. The van der Waals surface area contributed by atoms with Crippen molar-refractivity contribution in [1.29, 1.82) is 0 Å². The third kappa shape index (κ3) is 2.85. The summed E-state index contributed by atoms with van der Waals surface area (Å²) < 4.78 is 12.0. The van der Waals surface area contributed by atoms with Crippen molar-refractivity contribution >= 4 is 11.0 Å². The first-order valence-corrected chi connectivity index (χ1v) is 10.3. The van der Waals surface area contributed by atoms with Gasteiger partial charge in [-0.1, -0.05) is 34.1 Å². The summed E-state index contributed by atoms with van der Waals surface area (Å²) in [5.74, 6) is 3.41. The number of nitrogens with zero attached hydrogens (tertiary/aromatic N) is 1. The van der Waals surface area contributed by atoms with Gasteiger partial charge in [-0.25, -0.2) is 0 Å². The monoisotopic (exact) mass is 355 g/mol. The molecule has 3 nitrogen and oxygen atoms in total. The molecule has 3 unspecified atom stereocenters. The smallest absolute Gasteiger partial charge is 0.134 e. The highest BCUT2D eigenvalue weighted by atomic mass is 16.5. The highest BCUT2D eigenvalue weighted by Crippen LogP contribution is 2.47. The molecule has 4 rings (SSSR count). The molecule has 1 aromatic heterocycles. The summed E-state index contributed by atoms with van der Waals surface area (Å²) >= 11 is 0. The van der Waals surface area contributed by atoms with E-state index in [0.29, 0.717) is 17.4 Å². The lowest BCUT2D eigenvalue weighted by atomic mass is 9.70. The van der Waals surface area contributed by atoms with E-state index >= 15 is 0 Å². The molecule has 0 spiro atoms. The zero-order valence-corrected chi connectivity index (χ0v) is 17.0. The number of piperidine rings is 1. The normalized spacial score (nSPS) is 28.4. The fourth-order valence-corrected chi connectivity index (χ4v) is 5.71. The number of rotatable bonds is 3. The van der Waals surface area contributed by atoms with Crippen LogP contribution in [0.5, 0.6) is 5.75 Å². The molecule has 2 aliphatic heterocycles. The molecule has 3 heterocycles. The minimum atomic E-state index is 0.409. The zero-order chi connectivity index (χ0) is 18.5. The molecule has 0 N–H and O–H groups in total. The lowest BCUT2D eigenvalue weighted by Crippen LogP contribution is -2.53. The van der Waals surface area contributed by atoms with Crippen molar-refractivity contribution in [3.63, 3.8) is 0 Å². The van der Waals surface area contributed by atoms with E-state index < -0.39 is 0 Å². The summed E-state index contributed by atoms with van der Waals surface area (Å²) in [5, 5.41) is 1.25. The first kappa shape index (κ1) is 17.9. The Kier molecular flexibility index (Phi) is 4.54. The minimum Gasteiger partial charge on any atom is -0.497 e. The predicted octanol–water partition coefficient (Wildman–Crippen LogP) is 5.62. The first-order chi connectivity index (χ1) is 12.5. The maximum Gasteiger partial charge on any atom is 0.134 e. The Bertz CT molecular complexity index is 791. The zero-order valence-electron chi connectivity index (χ0n) is 17.0. The first-order valence-electron chi connectivity index (χ1n) is 10.3. The molecule has 1 fully saturated rings. The van der Waals surface area contributed by atoms with Gasteiger partial charge in [0.25, 0.3) is 0 Å². The molecule has 1 saturated heterocycles.